The number of benzene rings is 2. The Kier molecular flexibility index (Phi) is 4.59. The van der Waals surface area contributed by atoms with Gasteiger partial charge < -0.3 is 10.7 Å². The monoisotopic (exact) mass is 358 g/mol. The highest BCUT2D eigenvalue weighted by Gasteiger charge is 2.15. The van der Waals surface area contributed by atoms with Crippen LogP contribution in [0.5, 0.6) is 0 Å². The first-order valence-electron chi connectivity index (χ1n) is 8.55. The van der Waals surface area contributed by atoms with Gasteiger partial charge in [-0.3, -0.25) is 14.8 Å². The van der Waals surface area contributed by atoms with Crippen molar-refractivity contribution in [1.82, 2.24) is 20.4 Å². The van der Waals surface area contributed by atoms with Gasteiger partial charge in [-0.25, -0.2) is 5.43 Å². The predicted octanol–water partition coefficient (Wildman–Crippen LogP) is 2.13. The summed E-state index contributed by atoms with van der Waals surface area (Å²) in [4.78, 5) is 23.9. The maximum Gasteiger partial charge on any atom is 0.257 e. The normalized spacial score (nSPS) is 12.6. The zero-order chi connectivity index (χ0) is 18.6. The Hall–Kier alpha value is -3.58. The number of carbonyl (C=O) groups is 1. The SMILES string of the molecule is N[C@@H](Cc1c[nH]c2ccccc12)C(=O)N/N=C\c1ccc2nccnc2c1. The van der Waals surface area contributed by atoms with Gasteiger partial charge >= 0.3 is 0 Å². The van der Waals surface area contributed by atoms with Gasteiger partial charge in [0.25, 0.3) is 5.91 Å². The van der Waals surface area contributed by atoms with Gasteiger partial charge in [-0.05, 0) is 35.7 Å². The number of hydrogen-bond acceptors (Lipinski definition) is 5. The van der Waals surface area contributed by atoms with Crippen molar-refractivity contribution < 1.29 is 4.79 Å². The molecule has 0 bridgehead atoms. The van der Waals surface area contributed by atoms with Crippen LogP contribution < -0.4 is 11.2 Å². The number of nitrogens with one attached hydrogen (secondary N) is 2. The van der Waals surface area contributed by atoms with Crippen LogP contribution in [-0.4, -0.2) is 33.1 Å². The number of nitrogens with zero attached hydrogens (tertiary/aromatic N) is 3. The molecule has 7 heteroatoms. The molecule has 1 amide bonds. The van der Waals surface area contributed by atoms with Crippen molar-refractivity contribution in [2.45, 2.75) is 12.5 Å². The van der Waals surface area contributed by atoms with Crippen LogP contribution in [-0.2, 0) is 11.2 Å². The zero-order valence-electron chi connectivity index (χ0n) is 14.5. The lowest BCUT2D eigenvalue weighted by Gasteiger charge is -2.09. The Balaban J connectivity index is 1.39. The van der Waals surface area contributed by atoms with Gasteiger partial charge in [0.1, 0.15) is 0 Å². The molecule has 0 aliphatic heterocycles. The molecule has 0 fully saturated rings. The minimum absolute atomic E-state index is 0.336. The Labute approximate surface area is 155 Å². The van der Waals surface area contributed by atoms with Crippen molar-refractivity contribution >= 4 is 34.1 Å². The maximum absolute atomic E-state index is 12.2. The number of carbonyl (C=O) groups excluding carboxylic acids is 1. The van der Waals surface area contributed by atoms with Crippen LogP contribution in [0.2, 0.25) is 0 Å². The van der Waals surface area contributed by atoms with E-state index >= 15 is 0 Å². The third-order valence-corrected chi connectivity index (χ3v) is 4.33. The molecule has 134 valence electrons. The second-order valence-electron chi connectivity index (χ2n) is 6.21. The molecule has 4 aromatic rings. The van der Waals surface area contributed by atoms with Crippen molar-refractivity contribution in [2.24, 2.45) is 10.8 Å². The van der Waals surface area contributed by atoms with E-state index in [1.54, 1.807) is 18.6 Å². The molecule has 2 aromatic carbocycles. The third-order valence-electron chi connectivity index (χ3n) is 4.33. The summed E-state index contributed by atoms with van der Waals surface area (Å²) in [5.74, 6) is -0.336. The molecule has 4 N–H and O–H groups in total. The smallest absolute Gasteiger partial charge is 0.257 e. The van der Waals surface area contributed by atoms with E-state index in [0.717, 1.165) is 33.1 Å². The minimum Gasteiger partial charge on any atom is -0.361 e. The molecule has 0 radical (unpaired) electrons. The lowest BCUT2D eigenvalue weighted by atomic mass is 10.1. The summed E-state index contributed by atoms with van der Waals surface area (Å²) in [5, 5.41) is 5.07. The number of aromatic amines is 1. The van der Waals surface area contributed by atoms with Crippen LogP contribution in [0.4, 0.5) is 0 Å². The van der Waals surface area contributed by atoms with E-state index in [4.69, 9.17) is 5.73 Å². The molecule has 0 spiro atoms. The molecular formula is C20H18N6O. The summed E-state index contributed by atoms with van der Waals surface area (Å²) in [7, 11) is 0. The van der Waals surface area contributed by atoms with Crippen molar-refractivity contribution in [3.05, 3.63) is 72.2 Å². The lowest BCUT2D eigenvalue weighted by molar-refractivity contribution is -0.122. The average Bonchev–Trinajstić information content (AvgIpc) is 3.11. The van der Waals surface area contributed by atoms with E-state index in [1.165, 1.54) is 0 Å². The van der Waals surface area contributed by atoms with Gasteiger partial charge in [0.05, 0.1) is 23.3 Å². The Bertz CT molecular complexity index is 1130. The van der Waals surface area contributed by atoms with Crippen LogP contribution >= 0.6 is 0 Å². The number of amides is 1. The van der Waals surface area contributed by atoms with Gasteiger partial charge in [0.2, 0.25) is 0 Å². The molecular weight excluding hydrogens is 340 g/mol. The van der Waals surface area contributed by atoms with Crippen molar-refractivity contribution in [2.75, 3.05) is 0 Å². The van der Waals surface area contributed by atoms with E-state index in [1.807, 2.05) is 48.7 Å². The number of hydrazone groups is 1. The summed E-state index contributed by atoms with van der Waals surface area (Å²) in [5.41, 5.74) is 13.0. The molecule has 2 aromatic heterocycles. The number of para-hydroxylation sites is 1. The Morgan fingerprint density at radius 1 is 1.19 bits per heavy atom. The predicted molar refractivity (Wildman–Crippen MR) is 105 cm³/mol. The summed E-state index contributed by atoms with van der Waals surface area (Å²) >= 11 is 0. The van der Waals surface area contributed by atoms with E-state index in [0.29, 0.717) is 6.42 Å². The highest BCUT2D eigenvalue weighted by Crippen LogP contribution is 2.18. The third kappa shape index (κ3) is 3.68. The van der Waals surface area contributed by atoms with Crippen molar-refractivity contribution in [3.63, 3.8) is 0 Å². The van der Waals surface area contributed by atoms with Crippen molar-refractivity contribution in [3.8, 4) is 0 Å². The summed E-state index contributed by atoms with van der Waals surface area (Å²) < 4.78 is 0. The highest BCUT2D eigenvalue weighted by molar-refractivity contribution is 5.89. The number of nitrogens with two attached hydrogens (primary N) is 1. The number of hydrogen-bond donors (Lipinski definition) is 3. The average molecular weight is 358 g/mol. The topological polar surface area (TPSA) is 109 Å². The molecule has 0 saturated heterocycles. The van der Waals surface area contributed by atoms with E-state index in [9.17, 15) is 4.79 Å². The second-order valence-corrected chi connectivity index (χ2v) is 6.21. The summed E-state index contributed by atoms with van der Waals surface area (Å²) in [6.07, 6.45) is 7.15. The van der Waals surface area contributed by atoms with Gasteiger partial charge in [-0.1, -0.05) is 24.3 Å². The van der Waals surface area contributed by atoms with Crippen molar-refractivity contribution in [1.29, 1.82) is 0 Å². The first-order chi connectivity index (χ1) is 13.2. The van der Waals surface area contributed by atoms with E-state index in [-0.39, 0.29) is 5.91 Å². The van der Waals surface area contributed by atoms with Crippen LogP contribution in [0.1, 0.15) is 11.1 Å². The molecule has 0 aliphatic rings. The van der Waals surface area contributed by atoms with Crippen LogP contribution in [0.3, 0.4) is 0 Å². The standard InChI is InChI=1S/C20H18N6O/c21-16(10-14-12-24-17-4-2-1-3-15(14)17)20(27)26-25-11-13-5-6-18-19(9-13)23-8-7-22-18/h1-9,11-12,16,24H,10,21H2,(H,26,27)/b25-11-/t16-/m0/s1. The molecule has 1 atom stereocenters. The first-order valence-corrected chi connectivity index (χ1v) is 8.55. The first kappa shape index (κ1) is 16.9. The number of aromatic nitrogens is 3. The number of fused-ring (bicyclic) bond motifs is 2. The fraction of sp³-hybridized carbons (Fsp3) is 0.100. The van der Waals surface area contributed by atoms with E-state index in [2.05, 4.69) is 25.5 Å². The Morgan fingerprint density at radius 3 is 2.89 bits per heavy atom. The summed E-state index contributed by atoms with van der Waals surface area (Å²) in [6.45, 7) is 0. The fourth-order valence-electron chi connectivity index (χ4n) is 2.94. The highest BCUT2D eigenvalue weighted by atomic mass is 16.2. The molecule has 0 saturated carbocycles. The molecule has 4 rings (SSSR count). The summed E-state index contributed by atoms with van der Waals surface area (Å²) in [6, 6.07) is 12.8. The second kappa shape index (κ2) is 7.35. The number of H-pyrrole nitrogens is 1. The minimum atomic E-state index is -0.691. The van der Waals surface area contributed by atoms with Crippen LogP contribution in [0.15, 0.2) is 66.2 Å². The van der Waals surface area contributed by atoms with E-state index < -0.39 is 6.04 Å². The molecule has 2 heterocycles. The molecule has 27 heavy (non-hydrogen) atoms. The maximum atomic E-state index is 12.2. The zero-order valence-corrected chi connectivity index (χ0v) is 14.5. The van der Waals surface area contributed by atoms with Gasteiger partial charge in [-0.15, -0.1) is 0 Å². The molecule has 0 unspecified atom stereocenters. The number of rotatable bonds is 5. The van der Waals surface area contributed by atoms with Crippen LogP contribution in [0.25, 0.3) is 21.9 Å². The largest absolute Gasteiger partial charge is 0.361 e. The van der Waals surface area contributed by atoms with Gasteiger partial charge in [0.15, 0.2) is 0 Å². The lowest BCUT2D eigenvalue weighted by Crippen LogP contribution is -2.39. The van der Waals surface area contributed by atoms with Gasteiger partial charge in [-0.2, -0.15) is 5.10 Å². The quantitative estimate of drug-likeness (QED) is 0.375. The fourth-order valence-corrected chi connectivity index (χ4v) is 2.94. The molecule has 7 nitrogen and oxygen atoms in total. The van der Waals surface area contributed by atoms with Gasteiger partial charge in [0, 0.05) is 29.5 Å². The Morgan fingerprint density at radius 2 is 2.00 bits per heavy atom. The molecule has 0 aliphatic carbocycles. The van der Waals surface area contributed by atoms with Crippen LogP contribution in [0, 0.1) is 0 Å².